The number of anilines is 1. The van der Waals surface area contributed by atoms with Crippen molar-refractivity contribution in [2.24, 2.45) is 0 Å². The minimum absolute atomic E-state index is 0. The molecule has 0 unspecified atom stereocenters. The first-order chi connectivity index (χ1) is 11.3. The van der Waals surface area contributed by atoms with Gasteiger partial charge in [0.15, 0.2) is 5.75 Å². The Balaban J connectivity index is 0.00000169. The molecule has 0 saturated carbocycles. The van der Waals surface area contributed by atoms with Crippen LogP contribution in [0.1, 0.15) is 19.7 Å². The predicted molar refractivity (Wildman–Crippen MR) is 90.2 cm³/mol. The highest BCUT2D eigenvalue weighted by atomic mass is 127. The SMILES string of the molecule is CCN1/C(=C\c2oc3ccccc3[n+]2CC)Oc2ccccc21.[I-]. The molecule has 1 aromatic heterocycles. The Bertz CT molecular complexity index is 901. The Morgan fingerprint density at radius 1 is 1.04 bits per heavy atom. The molecule has 124 valence electrons. The fourth-order valence-corrected chi connectivity index (χ4v) is 3.08. The van der Waals surface area contributed by atoms with Crippen LogP contribution < -0.4 is 38.2 Å². The molecule has 1 aliphatic heterocycles. The Morgan fingerprint density at radius 2 is 1.79 bits per heavy atom. The second-order valence-electron chi connectivity index (χ2n) is 5.45. The number of halogens is 1. The van der Waals surface area contributed by atoms with Crippen molar-refractivity contribution in [1.29, 1.82) is 0 Å². The minimum Gasteiger partial charge on any atom is -1.00 e. The van der Waals surface area contributed by atoms with Crippen molar-refractivity contribution in [3.8, 4) is 5.75 Å². The van der Waals surface area contributed by atoms with Gasteiger partial charge in [-0.05, 0) is 32.0 Å². The molecule has 4 nitrogen and oxygen atoms in total. The number of rotatable bonds is 3. The summed E-state index contributed by atoms with van der Waals surface area (Å²) in [5.41, 5.74) is 3.08. The molecular formula is C19H19IN2O2. The average molecular weight is 434 g/mol. The molecule has 5 heteroatoms. The quantitative estimate of drug-likeness (QED) is 0.455. The standard InChI is InChI=1S/C19H19N2O2.HI/c1-3-20-14-9-5-7-11-16(14)22-18(20)13-19-21(4-2)15-10-6-8-12-17(15)23-19;/h5-13H,3-4H2,1-2H3;1H/q+1;/p-1. The van der Waals surface area contributed by atoms with Crippen molar-refractivity contribution in [3.05, 3.63) is 60.3 Å². The summed E-state index contributed by atoms with van der Waals surface area (Å²) >= 11 is 0. The van der Waals surface area contributed by atoms with Crippen LogP contribution in [0.4, 0.5) is 5.69 Å². The highest BCUT2D eigenvalue weighted by molar-refractivity contribution is 5.72. The number of hydrogen-bond donors (Lipinski definition) is 0. The van der Waals surface area contributed by atoms with Crippen molar-refractivity contribution >= 4 is 22.9 Å². The molecule has 3 aromatic rings. The number of para-hydroxylation sites is 4. The van der Waals surface area contributed by atoms with E-state index in [2.05, 4.69) is 35.4 Å². The van der Waals surface area contributed by atoms with Crippen molar-refractivity contribution in [1.82, 2.24) is 0 Å². The van der Waals surface area contributed by atoms with Gasteiger partial charge in [-0.15, -0.1) is 0 Å². The van der Waals surface area contributed by atoms with Crippen molar-refractivity contribution in [3.63, 3.8) is 0 Å². The van der Waals surface area contributed by atoms with E-state index in [-0.39, 0.29) is 24.0 Å². The van der Waals surface area contributed by atoms with E-state index in [4.69, 9.17) is 9.15 Å². The molecule has 24 heavy (non-hydrogen) atoms. The van der Waals surface area contributed by atoms with Gasteiger partial charge in [-0.2, -0.15) is 4.57 Å². The summed E-state index contributed by atoms with van der Waals surface area (Å²) in [6, 6.07) is 16.2. The highest BCUT2D eigenvalue weighted by Gasteiger charge is 2.28. The zero-order valence-electron chi connectivity index (χ0n) is 13.7. The third-order valence-electron chi connectivity index (χ3n) is 4.15. The monoisotopic (exact) mass is 434 g/mol. The van der Waals surface area contributed by atoms with Crippen LogP contribution in [0.2, 0.25) is 0 Å². The number of oxazole rings is 1. The Kier molecular flexibility index (Phi) is 4.80. The summed E-state index contributed by atoms with van der Waals surface area (Å²) in [5, 5.41) is 0. The summed E-state index contributed by atoms with van der Waals surface area (Å²) in [4.78, 5) is 2.16. The van der Waals surface area contributed by atoms with Crippen molar-refractivity contribution in [2.75, 3.05) is 11.4 Å². The largest absolute Gasteiger partial charge is 1.00 e. The van der Waals surface area contributed by atoms with E-state index >= 15 is 0 Å². The summed E-state index contributed by atoms with van der Waals surface area (Å²) in [6.45, 7) is 5.92. The molecule has 0 fully saturated rings. The number of ether oxygens (including phenoxy) is 1. The lowest BCUT2D eigenvalue weighted by Crippen LogP contribution is -3.00. The number of benzene rings is 2. The third kappa shape index (κ3) is 2.66. The Morgan fingerprint density at radius 3 is 2.58 bits per heavy atom. The van der Waals surface area contributed by atoms with Crippen LogP contribution in [0.5, 0.6) is 5.75 Å². The molecule has 0 aliphatic carbocycles. The number of fused-ring (bicyclic) bond motifs is 2. The lowest BCUT2D eigenvalue weighted by Gasteiger charge is -2.14. The Labute approximate surface area is 158 Å². The van der Waals surface area contributed by atoms with Crippen LogP contribution >= 0.6 is 0 Å². The van der Waals surface area contributed by atoms with Gasteiger partial charge in [0.2, 0.25) is 11.5 Å². The average Bonchev–Trinajstić information content (AvgIpc) is 3.11. The van der Waals surface area contributed by atoms with E-state index in [0.29, 0.717) is 0 Å². The lowest BCUT2D eigenvalue weighted by molar-refractivity contribution is -0.674. The van der Waals surface area contributed by atoms with Crippen LogP contribution in [0.15, 0.2) is 58.8 Å². The van der Waals surface area contributed by atoms with Gasteiger partial charge in [-0.3, -0.25) is 0 Å². The maximum Gasteiger partial charge on any atom is 0.379 e. The van der Waals surface area contributed by atoms with E-state index in [0.717, 1.165) is 47.4 Å². The summed E-state index contributed by atoms with van der Waals surface area (Å²) in [6.07, 6.45) is 1.98. The molecule has 0 saturated heterocycles. The molecule has 0 bridgehead atoms. The maximum absolute atomic E-state index is 6.02. The van der Waals surface area contributed by atoms with E-state index in [1.165, 1.54) is 0 Å². The smallest absolute Gasteiger partial charge is 0.379 e. The van der Waals surface area contributed by atoms with E-state index in [9.17, 15) is 0 Å². The molecule has 0 radical (unpaired) electrons. The molecule has 1 aliphatic rings. The first-order valence-electron chi connectivity index (χ1n) is 7.99. The van der Waals surface area contributed by atoms with Crippen molar-refractivity contribution in [2.45, 2.75) is 20.4 Å². The molecule has 2 heterocycles. The number of aromatic nitrogens is 1. The minimum atomic E-state index is 0. The molecule has 0 amide bonds. The van der Waals surface area contributed by atoms with Gasteiger partial charge < -0.3 is 38.0 Å². The van der Waals surface area contributed by atoms with Crippen LogP contribution in [0.3, 0.4) is 0 Å². The van der Waals surface area contributed by atoms with Gasteiger partial charge in [0.05, 0.1) is 5.69 Å². The first kappa shape index (κ1) is 16.8. The fraction of sp³-hybridized carbons (Fsp3) is 0.211. The normalized spacial score (nSPS) is 14.6. The summed E-state index contributed by atoms with van der Waals surface area (Å²) < 4.78 is 14.2. The van der Waals surface area contributed by atoms with Crippen LogP contribution in [0.25, 0.3) is 17.2 Å². The number of nitrogens with zero attached hydrogens (tertiary/aromatic N) is 2. The van der Waals surface area contributed by atoms with Crippen LogP contribution in [0, 0.1) is 0 Å². The molecule has 2 aromatic carbocycles. The van der Waals surface area contributed by atoms with Crippen LogP contribution in [-0.4, -0.2) is 6.54 Å². The zero-order valence-corrected chi connectivity index (χ0v) is 15.9. The molecule has 0 atom stereocenters. The maximum atomic E-state index is 6.02. The van der Waals surface area contributed by atoms with Gasteiger partial charge in [0.25, 0.3) is 5.52 Å². The van der Waals surface area contributed by atoms with Gasteiger partial charge in [0.1, 0.15) is 12.6 Å². The van der Waals surface area contributed by atoms with E-state index in [1.807, 2.05) is 42.5 Å². The van der Waals surface area contributed by atoms with Gasteiger partial charge in [0, 0.05) is 12.6 Å². The van der Waals surface area contributed by atoms with Crippen LogP contribution in [-0.2, 0) is 6.54 Å². The second kappa shape index (κ2) is 6.84. The first-order valence-corrected chi connectivity index (χ1v) is 7.99. The van der Waals surface area contributed by atoms with Gasteiger partial charge in [-0.25, -0.2) is 0 Å². The van der Waals surface area contributed by atoms with Gasteiger partial charge >= 0.3 is 5.89 Å². The van der Waals surface area contributed by atoms with E-state index < -0.39 is 0 Å². The third-order valence-corrected chi connectivity index (χ3v) is 4.15. The Hall–Kier alpha value is -2.02. The van der Waals surface area contributed by atoms with Gasteiger partial charge in [-0.1, -0.05) is 24.3 Å². The zero-order chi connectivity index (χ0) is 15.8. The summed E-state index contributed by atoms with van der Waals surface area (Å²) in [7, 11) is 0. The lowest BCUT2D eigenvalue weighted by atomic mass is 10.3. The predicted octanol–water partition coefficient (Wildman–Crippen LogP) is 0.962. The fourth-order valence-electron chi connectivity index (χ4n) is 3.08. The topological polar surface area (TPSA) is 29.5 Å². The highest BCUT2D eigenvalue weighted by Crippen LogP contribution is 2.38. The molecule has 4 rings (SSSR count). The molecular weight excluding hydrogens is 415 g/mol. The number of hydrogen-bond acceptors (Lipinski definition) is 3. The van der Waals surface area contributed by atoms with E-state index in [1.54, 1.807) is 0 Å². The number of aryl methyl sites for hydroxylation is 1. The molecule has 0 spiro atoms. The molecule has 0 N–H and O–H groups in total. The summed E-state index contributed by atoms with van der Waals surface area (Å²) in [5.74, 6) is 2.49. The second-order valence-corrected chi connectivity index (χ2v) is 5.45. The van der Waals surface area contributed by atoms with Crippen molar-refractivity contribution < 1.29 is 37.7 Å².